The van der Waals surface area contributed by atoms with Crippen LogP contribution in [0.15, 0.2) is 17.2 Å². The van der Waals surface area contributed by atoms with Crippen LogP contribution in [0.2, 0.25) is 0 Å². The Hall–Kier alpha value is -2.88. The van der Waals surface area contributed by atoms with E-state index in [1.807, 2.05) is 0 Å². The molecule has 0 fully saturated rings. The fourth-order valence-corrected chi connectivity index (χ4v) is 5.99. The smallest absolute Gasteiger partial charge is 0.435 e. The summed E-state index contributed by atoms with van der Waals surface area (Å²) in [6.45, 7) is 3.14. The van der Waals surface area contributed by atoms with Crippen LogP contribution < -0.4 is 10.0 Å². The second-order valence-electron chi connectivity index (χ2n) is 8.44. The van der Waals surface area contributed by atoms with E-state index in [9.17, 15) is 18.0 Å². The number of nitrogens with one attached hydrogen (secondary N) is 2. The van der Waals surface area contributed by atoms with Gasteiger partial charge < -0.3 is 10.1 Å². The molecule has 30 heavy (non-hydrogen) atoms. The predicted octanol–water partition coefficient (Wildman–Crippen LogP) is 2.60. The molecule has 3 aliphatic rings. The normalized spacial score (nSPS) is 18.5. The van der Waals surface area contributed by atoms with Gasteiger partial charge in [-0.15, -0.1) is 0 Å². The highest BCUT2D eigenvalue weighted by molar-refractivity contribution is 7.90. The molecule has 0 saturated heterocycles. The first-order valence-electron chi connectivity index (χ1n) is 9.99. The number of hydrogen-bond acceptors (Lipinski definition) is 6. The molecule has 1 aromatic heterocycles. The van der Waals surface area contributed by atoms with E-state index in [1.54, 1.807) is 13.8 Å². The first kappa shape index (κ1) is 19.1. The maximum atomic E-state index is 12.9. The molecule has 158 valence electrons. The topological polar surface area (TPSA) is 119 Å². The molecule has 2 amide bonds. The van der Waals surface area contributed by atoms with Crippen molar-refractivity contribution in [2.45, 2.75) is 62.9 Å². The van der Waals surface area contributed by atoms with E-state index in [2.05, 4.69) is 21.2 Å². The van der Waals surface area contributed by atoms with Crippen molar-refractivity contribution < 1.29 is 22.7 Å². The third-order valence-corrected chi connectivity index (χ3v) is 7.38. The summed E-state index contributed by atoms with van der Waals surface area (Å²) in [5.41, 5.74) is 4.36. The van der Waals surface area contributed by atoms with Crippen molar-refractivity contribution in [3.8, 4) is 0 Å². The van der Waals surface area contributed by atoms with Gasteiger partial charge in [0.25, 0.3) is 10.0 Å². The number of carbonyl (C=O) groups is 2. The van der Waals surface area contributed by atoms with E-state index in [-0.39, 0.29) is 10.6 Å². The summed E-state index contributed by atoms with van der Waals surface area (Å²) in [6.07, 6.45) is 6.05. The zero-order valence-electron chi connectivity index (χ0n) is 16.7. The van der Waals surface area contributed by atoms with Gasteiger partial charge in [0.2, 0.25) is 0 Å². The number of fused-ring (bicyclic) bond motifs is 3. The molecule has 9 nitrogen and oxygen atoms in total. The fourth-order valence-electron chi connectivity index (χ4n) is 4.81. The van der Waals surface area contributed by atoms with Crippen LogP contribution in [0.25, 0.3) is 0 Å². The largest absolute Gasteiger partial charge is 0.436 e. The fraction of sp³-hybridized carbons (Fsp3) is 0.450. The Morgan fingerprint density at radius 2 is 1.77 bits per heavy atom. The number of aryl methyl sites for hydroxylation is 2. The molecule has 0 spiro atoms. The van der Waals surface area contributed by atoms with Gasteiger partial charge in [-0.3, -0.25) is 0 Å². The van der Waals surface area contributed by atoms with Crippen LogP contribution in [0.3, 0.4) is 0 Å². The van der Waals surface area contributed by atoms with E-state index >= 15 is 0 Å². The third kappa shape index (κ3) is 2.81. The molecule has 2 heterocycles. The minimum atomic E-state index is -4.26. The SMILES string of the molecule is CC1(C)OC(=O)n2ncc(S(=O)(=O)NC(=O)Nc3c4c(cc5c3CCC5)CCC4)c21. The molecule has 5 rings (SSSR count). The van der Waals surface area contributed by atoms with Crippen LogP contribution in [0.1, 0.15) is 54.6 Å². The number of benzene rings is 1. The molecule has 2 aromatic rings. The minimum Gasteiger partial charge on any atom is -0.435 e. The lowest BCUT2D eigenvalue weighted by Gasteiger charge is -2.18. The van der Waals surface area contributed by atoms with Gasteiger partial charge in [0.05, 0.1) is 6.20 Å². The summed E-state index contributed by atoms with van der Waals surface area (Å²) in [4.78, 5) is 24.4. The molecular formula is C20H22N4O5S. The number of anilines is 1. The van der Waals surface area contributed by atoms with E-state index in [4.69, 9.17) is 4.74 Å². The maximum Gasteiger partial charge on any atom is 0.436 e. The standard InChI is InChI=1S/C20H22N4O5S/c1-20(2)17-15(10-21-24(17)19(26)29-20)30(27,28)23-18(25)22-16-13-7-3-5-11(13)9-12-6-4-8-14(12)16/h9-10H,3-8H2,1-2H3,(H2,22,23,25). The summed E-state index contributed by atoms with van der Waals surface area (Å²) in [5, 5.41) is 6.62. The van der Waals surface area contributed by atoms with Crippen molar-refractivity contribution in [1.29, 1.82) is 0 Å². The van der Waals surface area contributed by atoms with E-state index in [0.29, 0.717) is 0 Å². The monoisotopic (exact) mass is 430 g/mol. The quantitative estimate of drug-likeness (QED) is 0.772. The predicted molar refractivity (Wildman–Crippen MR) is 107 cm³/mol. The Morgan fingerprint density at radius 3 is 2.40 bits per heavy atom. The van der Waals surface area contributed by atoms with Crippen molar-refractivity contribution in [2.24, 2.45) is 0 Å². The molecule has 1 aromatic carbocycles. The second kappa shape index (κ2) is 6.31. The number of amides is 2. The van der Waals surface area contributed by atoms with Crippen LogP contribution in [0.5, 0.6) is 0 Å². The van der Waals surface area contributed by atoms with Crippen LogP contribution in [-0.2, 0) is 46.0 Å². The Morgan fingerprint density at radius 1 is 1.13 bits per heavy atom. The van der Waals surface area contributed by atoms with Crippen molar-refractivity contribution in [3.05, 3.63) is 40.2 Å². The summed E-state index contributed by atoms with van der Waals surface area (Å²) < 4.78 is 34.0. The Labute approximate surface area is 173 Å². The Bertz CT molecular complexity index is 1180. The number of ether oxygens (including phenoxy) is 1. The summed E-state index contributed by atoms with van der Waals surface area (Å²) in [7, 11) is -4.26. The zero-order valence-corrected chi connectivity index (χ0v) is 17.6. The number of nitrogens with zero attached hydrogens (tertiary/aromatic N) is 2. The lowest BCUT2D eigenvalue weighted by molar-refractivity contribution is 0.0608. The zero-order chi connectivity index (χ0) is 21.3. The van der Waals surface area contributed by atoms with Crippen LogP contribution in [0.4, 0.5) is 15.3 Å². The lowest BCUT2D eigenvalue weighted by Crippen LogP contribution is -2.36. The Balaban J connectivity index is 1.44. The number of aromatic nitrogens is 2. The molecule has 0 radical (unpaired) electrons. The average Bonchev–Trinajstić information content (AvgIpc) is 3.40. The highest BCUT2D eigenvalue weighted by Crippen LogP contribution is 2.39. The van der Waals surface area contributed by atoms with Gasteiger partial charge in [-0.2, -0.15) is 9.78 Å². The molecule has 2 aliphatic carbocycles. The van der Waals surface area contributed by atoms with Gasteiger partial charge in [0.1, 0.15) is 10.6 Å². The van der Waals surface area contributed by atoms with Gasteiger partial charge in [-0.05, 0) is 74.6 Å². The van der Waals surface area contributed by atoms with Crippen LogP contribution in [-0.4, -0.2) is 30.3 Å². The minimum absolute atomic E-state index is 0.0919. The highest BCUT2D eigenvalue weighted by Gasteiger charge is 2.44. The van der Waals surface area contributed by atoms with Gasteiger partial charge in [-0.1, -0.05) is 6.07 Å². The summed E-state index contributed by atoms with van der Waals surface area (Å²) in [5.74, 6) is 0. The molecule has 10 heteroatoms. The van der Waals surface area contributed by atoms with Gasteiger partial charge >= 0.3 is 12.1 Å². The van der Waals surface area contributed by atoms with Gasteiger partial charge in [0.15, 0.2) is 5.60 Å². The molecular weight excluding hydrogens is 408 g/mol. The van der Waals surface area contributed by atoms with Crippen LogP contribution in [0, 0.1) is 0 Å². The number of rotatable bonds is 3. The summed E-state index contributed by atoms with van der Waals surface area (Å²) >= 11 is 0. The van der Waals surface area contributed by atoms with Crippen molar-refractivity contribution in [2.75, 3.05) is 5.32 Å². The van der Waals surface area contributed by atoms with E-state index < -0.39 is 27.7 Å². The maximum absolute atomic E-state index is 12.9. The Kier molecular flexibility index (Phi) is 4.02. The van der Waals surface area contributed by atoms with E-state index in [0.717, 1.165) is 66.2 Å². The first-order chi connectivity index (χ1) is 14.2. The lowest BCUT2D eigenvalue weighted by atomic mass is 9.99. The number of hydrogen-bond donors (Lipinski definition) is 2. The van der Waals surface area contributed by atoms with Crippen molar-refractivity contribution in [3.63, 3.8) is 0 Å². The number of cyclic esters (lactones) is 1. The van der Waals surface area contributed by atoms with Crippen molar-refractivity contribution in [1.82, 2.24) is 14.5 Å². The van der Waals surface area contributed by atoms with Gasteiger partial charge in [-0.25, -0.2) is 22.7 Å². The highest BCUT2D eigenvalue weighted by atomic mass is 32.2. The molecule has 0 atom stereocenters. The molecule has 0 saturated carbocycles. The van der Waals surface area contributed by atoms with Crippen LogP contribution >= 0.6 is 0 Å². The van der Waals surface area contributed by atoms with E-state index in [1.165, 1.54) is 11.1 Å². The first-order valence-corrected chi connectivity index (χ1v) is 11.5. The third-order valence-electron chi connectivity index (χ3n) is 6.05. The molecule has 0 bridgehead atoms. The average molecular weight is 430 g/mol. The number of carbonyl (C=O) groups excluding carboxylic acids is 2. The van der Waals surface area contributed by atoms with Gasteiger partial charge in [0, 0.05) is 5.69 Å². The number of urea groups is 1. The number of sulfonamides is 1. The van der Waals surface area contributed by atoms with Crippen molar-refractivity contribution >= 4 is 27.8 Å². The molecule has 0 unspecified atom stereocenters. The summed E-state index contributed by atoms with van der Waals surface area (Å²) in [6, 6.07) is 1.41. The molecule has 2 N–H and O–H groups in total. The molecule has 1 aliphatic heterocycles. The second-order valence-corrected chi connectivity index (χ2v) is 10.1.